The van der Waals surface area contributed by atoms with Crippen molar-refractivity contribution in [3.05, 3.63) is 89.0 Å². The monoisotopic (exact) mass is 448 g/mol. The summed E-state index contributed by atoms with van der Waals surface area (Å²) in [5.74, 6) is 0.238. The van der Waals surface area contributed by atoms with Gasteiger partial charge in [-0.1, -0.05) is 30.3 Å². The van der Waals surface area contributed by atoms with E-state index in [4.69, 9.17) is 26.4 Å². The number of anilines is 1. The molecule has 0 aromatic heterocycles. The van der Waals surface area contributed by atoms with Gasteiger partial charge in [-0.25, -0.2) is 4.79 Å². The summed E-state index contributed by atoms with van der Waals surface area (Å²) in [4.78, 5) is 24.2. The highest BCUT2D eigenvalue weighted by Gasteiger charge is 2.21. The lowest BCUT2D eigenvalue weighted by atomic mass is 10.1. The number of nitrogens with one attached hydrogen (secondary N) is 2. The maximum Gasteiger partial charge on any atom is 0.338 e. The van der Waals surface area contributed by atoms with Gasteiger partial charge in [-0.15, -0.1) is 0 Å². The van der Waals surface area contributed by atoms with Crippen molar-refractivity contribution in [2.24, 2.45) is 0 Å². The quantitative estimate of drug-likeness (QED) is 0.434. The van der Waals surface area contributed by atoms with Gasteiger partial charge in [-0.2, -0.15) is 0 Å². The molecule has 8 heteroatoms. The summed E-state index contributed by atoms with van der Waals surface area (Å²) in [7, 11) is 1.51. The molecule has 1 aliphatic heterocycles. The second-order valence-electron chi connectivity index (χ2n) is 7.00. The molecule has 3 aromatic rings. The molecule has 0 atom stereocenters. The van der Waals surface area contributed by atoms with Gasteiger partial charge in [0.2, 0.25) is 0 Å². The van der Waals surface area contributed by atoms with Crippen LogP contribution in [-0.2, 0) is 18.0 Å². The van der Waals surface area contributed by atoms with Crippen LogP contribution in [0, 0.1) is 0 Å². The average Bonchev–Trinajstić information content (AvgIpc) is 3.18. The van der Waals surface area contributed by atoms with Crippen LogP contribution in [0.1, 0.15) is 31.8 Å². The Balaban J connectivity index is 1.38. The Morgan fingerprint density at radius 2 is 1.88 bits per heavy atom. The maximum atomic E-state index is 12.6. The zero-order valence-corrected chi connectivity index (χ0v) is 18.0. The number of amides is 1. The van der Waals surface area contributed by atoms with E-state index in [0.717, 1.165) is 11.1 Å². The van der Waals surface area contributed by atoms with E-state index in [0.29, 0.717) is 34.9 Å². The highest BCUT2D eigenvalue weighted by atomic mass is 32.1. The van der Waals surface area contributed by atoms with Crippen LogP contribution < -0.4 is 20.1 Å². The van der Waals surface area contributed by atoms with Gasteiger partial charge in [0.05, 0.1) is 12.7 Å². The fourth-order valence-electron chi connectivity index (χ4n) is 3.21. The smallest absolute Gasteiger partial charge is 0.338 e. The van der Waals surface area contributed by atoms with Crippen LogP contribution in [-0.4, -0.2) is 24.1 Å². The van der Waals surface area contributed by atoms with Crippen LogP contribution in [0.15, 0.2) is 66.7 Å². The van der Waals surface area contributed by atoms with Crippen LogP contribution in [0.2, 0.25) is 0 Å². The number of carbonyl (C=O) groups excluding carboxylic acids is 2. The van der Waals surface area contributed by atoms with Crippen LogP contribution >= 0.6 is 12.2 Å². The Morgan fingerprint density at radius 3 is 2.66 bits per heavy atom. The predicted molar refractivity (Wildman–Crippen MR) is 123 cm³/mol. The molecule has 7 nitrogen and oxygen atoms in total. The molecule has 1 aliphatic rings. The summed E-state index contributed by atoms with van der Waals surface area (Å²) in [6.07, 6.45) is 0. The van der Waals surface area contributed by atoms with Crippen LogP contribution in [0.5, 0.6) is 11.5 Å². The van der Waals surface area contributed by atoms with E-state index >= 15 is 0 Å². The number of cyclic esters (lactones) is 1. The van der Waals surface area contributed by atoms with E-state index in [-0.39, 0.29) is 17.7 Å². The third kappa shape index (κ3) is 4.87. The molecule has 0 bridgehead atoms. The minimum absolute atomic E-state index is 0.128. The number of ether oxygens (including phenoxy) is 3. The Hall–Kier alpha value is -3.91. The van der Waals surface area contributed by atoms with Gasteiger partial charge in [0.1, 0.15) is 13.2 Å². The first-order valence-electron chi connectivity index (χ1n) is 9.80. The molecule has 162 valence electrons. The summed E-state index contributed by atoms with van der Waals surface area (Å²) in [5.41, 5.74) is 3.34. The van der Waals surface area contributed by atoms with Gasteiger partial charge < -0.3 is 19.5 Å². The number of benzene rings is 3. The molecule has 0 aliphatic carbocycles. The second kappa shape index (κ2) is 9.49. The number of fused-ring (bicyclic) bond motifs is 1. The molecule has 0 saturated carbocycles. The van der Waals surface area contributed by atoms with Gasteiger partial charge in [0.15, 0.2) is 16.6 Å². The molecule has 3 aromatic carbocycles. The molecule has 0 spiro atoms. The SMILES string of the molecule is COc1cc(C(=O)NC(=S)Nc2ccc3c(c2)COC3=O)ccc1OCc1ccccc1. The number of hydrogen-bond acceptors (Lipinski definition) is 6. The lowest BCUT2D eigenvalue weighted by Crippen LogP contribution is -2.34. The zero-order chi connectivity index (χ0) is 22.5. The zero-order valence-electron chi connectivity index (χ0n) is 17.2. The normalized spacial score (nSPS) is 11.8. The van der Waals surface area contributed by atoms with Crippen molar-refractivity contribution < 1.29 is 23.8 Å². The first kappa shape index (κ1) is 21.3. The number of rotatable bonds is 6. The predicted octanol–water partition coefficient (Wildman–Crippen LogP) is 4.07. The lowest BCUT2D eigenvalue weighted by molar-refractivity contribution is 0.0535. The number of methoxy groups -OCH3 is 1. The molecular formula is C24H20N2O5S. The highest BCUT2D eigenvalue weighted by molar-refractivity contribution is 7.80. The van der Waals surface area contributed by atoms with Crippen molar-refractivity contribution in [2.45, 2.75) is 13.2 Å². The third-order valence-corrected chi connectivity index (χ3v) is 5.04. The molecule has 1 amide bonds. The van der Waals surface area contributed by atoms with Crippen LogP contribution in [0.4, 0.5) is 5.69 Å². The minimum Gasteiger partial charge on any atom is -0.493 e. The van der Waals surface area contributed by atoms with Crippen molar-refractivity contribution in [1.82, 2.24) is 5.32 Å². The van der Waals surface area contributed by atoms with Crippen molar-refractivity contribution >= 4 is 34.9 Å². The van der Waals surface area contributed by atoms with Gasteiger partial charge in [0.25, 0.3) is 5.91 Å². The van der Waals surface area contributed by atoms with E-state index < -0.39 is 5.91 Å². The minimum atomic E-state index is -0.393. The fourth-order valence-corrected chi connectivity index (χ4v) is 3.42. The Kier molecular flexibility index (Phi) is 6.32. The largest absolute Gasteiger partial charge is 0.493 e. The molecule has 0 fully saturated rings. The van der Waals surface area contributed by atoms with Crippen molar-refractivity contribution in [1.29, 1.82) is 0 Å². The first-order chi connectivity index (χ1) is 15.5. The first-order valence-corrected chi connectivity index (χ1v) is 10.2. The number of hydrogen-bond donors (Lipinski definition) is 2. The topological polar surface area (TPSA) is 85.9 Å². The summed E-state index contributed by atoms with van der Waals surface area (Å²) in [6.45, 7) is 0.607. The van der Waals surface area contributed by atoms with Gasteiger partial charge in [0, 0.05) is 16.8 Å². The summed E-state index contributed by atoms with van der Waals surface area (Å²) in [6, 6.07) is 19.8. The Bertz CT molecular complexity index is 1180. The summed E-state index contributed by atoms with van der Waals surface area (Å²) in [5, 5.41) is 5.71. The van der Waals surface area contributed by atoms with Gasteiger partial charge in [-0.3, -0.25) is 10.1 Å². The van der Waals surface area contributed by atoms with Gasteiger partial charge in [-0.05, 0) is 54.2 Å². The fraction of sp³-hybridized carbons (Fsp3) is 0.125. The average molecular weight is 449 g/mol. The van der Waals surface area contributed by atoms with E-state index in [9.17, 15) is 9.59 Å². The summed E-state index contributed by atoms with van der Waals surface area (Å²) < 4.78 is 16.2. The van der Waals surface area contributed by atoms with Crippen molar-refractivity contribution in [3.63, 3.8) is 0 Å². The van der Waals surface area contributed by atoms with Crippen LogP contribution in [0.3, 0.4) is 0 Å². The molecule has 0 unspecified atom stereocenters. The summed E-state index contributed by atoms with van der Waals surface area (Å²) >= 11 is 5.25. The highest BCUT2D eigenvalue weighted by Crippen LogP contribution is 2.29. The number of esters is 1. The molecule has 2 N–H and O–H groups in total. The van der Waals surface area contributed by atoms with E-state index in [1.807, 2.05) is 30.3 Å². The number of carbonyl (C=O) groups is 2. The van der Waals surface area contributed by atoms with E-state index in [2.05, 4.69) is 10.6 Å². The molecular weight excluding hydrogens is 428 g/mol. The molecule has 4 rings (SSSR count). The molecule has 0 radical (unpaired) electrons. The second-order valence-corrected chi connectivity index (χ2v) is 7.40. The maximum absolute atomic E-state index is 12.6. The Morgan fingerprint density at radius 1 is 1.06 bits per heavy atom. The molecule has 0 saturated heterocycles. The molecule has 32 heavy (non-hydrogen) atoms. The van der Waals surface area contributed by atoms with Crippen LogP contribution in [0.25, 0.3) is 0 Å². The molecule has 1 heterocycles. The standard InChI is InChI=1S/C24H20N2O5S/c1-29-21-12-16(7-10-20(21)30-13-15-5-3-2-4-6-15)22(27)26-24(32)25-18-8-9-19-17(11-18)14-31-23(19)28/h2-12H,13-14H2,1H3,(H2,25,26,27,32). The van der Waals surface area contributed by atoms with E-state index in [1.54, 1.807) is 36.4 Å². The van der Waals surface area contributed by atoms with Crippen molar-refractivity contribution in [3.8, 4) is 11.5 Å². The Labute approximate surface area is 190 Å². The van der Waals surface area contributed by atoms with Crippen molar-refractivity contribution in [2.75, 3.05) is 12.4 Å². The third-order valence-electron chi connectivity index (χ3n) is 4.83. The lowest BCUT2D eigenvalue weighted by Gasteiger charge is -2.13. The number of thiocarbonyl (C=S) groups is 1. The van der Waals surface area contributed by atoms with E-state index in [1.165, 1.54) is 7.11 Å². The van der Waals surface area contributed by atoms with Gasteiger partial charge >= 0.3 is 5.97 Å².